The average Bonchev–Trinajstić information content (AvgIpc) is 2.88. The van der Waals surface area contributed by atoms with E-state index < -0.39 is 0 Å². The van der Waals surface area contributed by atoms with Gasteiger partial charge in [0.1, 0.15) is 11.1 Å². The summed E-state index contributed by atoms with van der Waals surface area (Å²) in [6.45, 7) is 4.15. The molecule has 1 aromatic heterocycles. The number of carbonyl (C=O) groups is 1. The van der Waals surface area contributed by atoms with E-state index in [0.29, 0.717) is 11.8 Å². The monoisotopic (exact) mass is 343 g/mol. The molecular formula is C15H25N3O2S2. The van der Waals surface area contributed by atoms with Gasteiger partial charge in [0.15, 0.2) is 0 Å². The summed E-state index contributed by atoms with van der Waals surface area (Å²) in [5.41, 5.74) is 0.897. The molecule has 0 aromatic carbocycles. The summed E-state index contributed by atoms with van der Waals surface area (Å²) in [4.78, 5) is 18.8. The molecule has 22 heavy (non-hydrogen) atoms. The van der Waals surface area contributed by atoms with Gasteiger partial charge in [0, 0.05) is 30.8 Å². The van der Waals surface area contributed by atoms with Crippen LogP contribution in [0.5, 0.6) is 0 Å². The number of hydrogen-bond acceptors (Lipinski definition) is 5. The van der Waals surface area contributed by atoms with Gasteiger partial charge in [-0.2, -0.15) is 11.8 Å². The maximum Gasteiger partial charge on any atom is 0.317 e. The molecule has 1 saturated heterocycles. The molecule has 5 nitrogen and oxygen atoms in total. The van der Waals surface area contributed by atoms with Crippen molar-refractivity contribution < 1.29 is 9.53 Å². The predicted octanol–water partition coefficient (Wildman–Crippen LogP) is 3.28. The van der Waals surface area contributed by atoms with E-state index in [2.05, 4.69) is 16.6 Å². The Morgan fingerprint density at radius 2 is 2.45 bits per heavy atom. The van der Waals surface area contributed by atoms with Crippen molar-refractivity contribution in [1.29, 1.82) is 0 Å². The number of methoxy groups -OCH3 is 1. The van der Waals surface area contributed by atoms with Crippen LogP contribution in [0.3, 0.4) is 0 Å². The van der Waals surface area contributed by atoms with Crippen LogP contribution >= 0.6 is 23.1 Å². The van der Waals surface area contributed by atoms with Crippen LogP contribution < -0.4 is 5.32 Å². The number of carbonyl (C=O) groups excluding carboxylic acids is 1. The molecule has 1 fully saturated rings. The Bertz CT molecular complexity index is 481. The van der Waals surface area contributed by atoms with E-state index in [9.17, 15) is 4.79 Å². The Morgan fingerprint density at radius 1 is 1.64 bits per heavy atom. The number of nitrogens with one attached hydrogen (secondary N) is 1. The van der Waals surface area contributed by atoms with Gasteiger partial charge in [0.2, 0.25) is 0 Å². The normalized spacial score (nSPS) is 20.5. The fourth-order valence-corrected chi connectivity index (χ4v) is 4.03. The van der Waals surface area contributed by atoms with Crippen LogP contribution in [0.2, 0.25) is 0 Å². The van der Waals surface area contributed by atoms with Crippen LogP contribution in [-0.4, -0.2) is 47.6 Å². The maximum absolute atomic E-state index is 12.3. The third-order valence-electron chi connectivity index (χ3n) is 3.94. The minimum Gasteiger partial charge on any atom is -0.375 e. The van der Waals surface area contributed by atoms with E-state index >= 15 is 0 Å². The summed E-state index contributed by atoms with van der Waals surface area (Å²) in [7, 11) is 1.68. The van der Waals surface area contributed by atoms with Crippen LogP contribution in [0.15, 0.2) is 5.38 Å². The smallest absolute Gasteiger partial charge is 0.317 e. The predicted molar refractivity (Wildman–Crippen MR) is 92.5 cm³/mol. The van der Waals surface area contributed by atoms with Crippen molar-refractivity contribution in [3.05, 3.63) is 16.1 Å². The van der Waals surface area contributed by atoms with Crippen molar-refractivity contribution in [3.8, 4) is 0 Å². The highest BCUT2D eigenvalue weighted by atomic mass is 32.2. The molecule has 0 aliphatic carbocycles. The molecule has 1 aromatic rings. The van der Waals surface area contributed by atoms with Gasteiger partial charge in [-0.15, -0.1) is 11.3 Å². The Morgan fingerprint density at radius 3 is 3.18 bits per heavy atom. The molecule has 2 atom stereocenters. The SMILES string of the molecule is COC(C)c1nc(CNC(=O)N2CCCCC(SC)C2)cs1. The number of nitrogens with zero attached hydrogens (tertiary/aromatic N) is 2. The first kappa shape index (κ1) is 17.6. The molecule has 1 N–H and O–H groups in total. The minimum atomic E-state index is 0.00222. The second-order valence-corrected chi connectivity index (χ2v) is 7.54. The number of urea groups is 1. The van der Waals surface area contributed by atoms with Crippen LogP contribution in [0.25, 0.3) is 0 Å². The molecule has 7 heteroatoms. The zero-order valence-corrected chi connectivity index (χ0v) is 15.1. The fraction of sp³-hybridized carbons (Fsp3) is 0.733. The van der Waals surface area contributed by atoms with Crippen molar-refractivity contribution in [1.82, 2.24) is 15.2 Å². The standard InChI is InChI=1S/C15H25N3O2S2/c1-11(20-2)14-17-12(10-22-14)8-16-15(19)18-7-5-4-6-13(9-18)21-3/h10-11,13H,4-9H2,1-3H3,(H,16,19). The highest BCUT2D eigenvalue weighted by molar-refractivity contribution is 7.99. The fourth-order valence-electron chi connectivity index (χ4n) is 2.45. The lowest BCUT2D eigenvalue weighted by molar-refractivity contribution is 0.119. The van der Waals surface area contributed by atoms with E-state index in [1.54, 1.807) is 18.4 Å². The maximum atomic E-state index is 12.3. The second-order valence-electron chi connectivity index (χ2n) is 5.51. The van der Waals surface area contributed by atoms with Crippen molar-refractivity contribution in [2.45, 2.75) is 44.1 Å². The summed E-state index contributed by atoms with van der Waals surface area (Å²) in [5, 5.41) is 6.48. The number of amides is 2. The Hall–Kier alpha value is -0.790. The van der Waals surface area contributed by atoms with Gasteiger partial charge in [-0.1, -0.05) is 6.42 Å². The van der Waals surface area contributed by atoms with Crippen LogP contribution in [0, 0.1) is 0 Å². The van der Waals surface area contributed by atoms with Gasteiger partial charge >= 0.3 is 6.03 Å². The average molecular weight is 344 g/mol. The number of ether oxygens (including phenoxy) is 1. The van der Waals surface area contributed by atoms with Crippen LogP contribution in [0.4, 0.5) is 4.79 Å². The number of aromatic nitrogens is 1. The first-order valence-electron chi connectivity index (χ1n) is 7.66. The van der Waals surface area contributed by atoms with Crippen molar-refractivity contribution in [2.24, 2.45) is 0 Å². The van der Waals surface area contributed by atoms with Gasteiger partial charge in [0.25, 0.3) is 0 Å². The van der Waals surface area contributed by atoms with Crippen LogP contribution in [0.1, 0.15) is 43.0 Å². The molecule has 0 bridgehead atoms. The highest BCUT2D eigenvalue weighted by Crippen LogP contribution is 2.21. The number of thioether (sulfide) groups is 1. The zero-order valence-electron chi connectivity index (χ0n) is 13.5. The molecule has 2 rings (SSSR count). The summed E-state index contributed by atoms with van der Waals surface area (Å²) < 4.78 is 5.26. The summed E-state index contributed by atoms with van der Waals surface area (Å²) in [6.07, 6.45) is 5.63. The molecule has 0 saturated carbocycles. The minimum absolute atomic E-state index is 0.00222. The Kier molecular flexibility index (Phi) is 6.98. The van der Waals surface area contributed by atoms with Gasteiger partial charge in [-0.05, 0) is 26.0 Å². The molecule has 124 valence electrons. The third kappa shape index (κ3) is 4.86. The van der Waals surface area contributed by atoms with Crippen molar-refractivity contribution in [3.63, 3.8) is 0 Å². The van der Waals surface area contributed by atoms with Crippen molar-refractivity contribution in [2.75, 3.05) is 26.5 Å². The van der Waals surface area contributed by atoms with E-state index in [4.69, 9.17) is 4.74 Å². The van der Waals surface area contributed by atoms with Gasteiger partial charge in [-0.3, -0.25) is 0 Å². The van der Waals surface area contributed by atoms with Gasteiger partial charge in [-0.25, -0.2) is 9.78 Å². The largest absolute Gasteiger partial charge is 0.375 e. The van der Waals surface area contributed by atoms with E-state index in [-0.39, 0.29) is 12.1 Å². The summed E-state index contributed by atoms with van der Waals surface area (Å²) in [5.74, 6) is 0. The second kappa shape index (κ2) is 8.74. The Labute approximate surface area is 140 Å². The van der Waals surface area contributed by atoms with E-state index in [1.807, 2.05) is 29.0 Å². The summed E-state index contributed by atoms with van der Waals surface area (Å²) >= 11 is 3.43. The van der Waals surface area contributed by atoms with E-state index in [0.717, 1.165) is 30.2 Å². The third-order valence-corrected chi connectivity index (χ3v) is 6.05. The first-order chi connectivity index (χ1) is 10.6. The lowest BCUT2D eigenvalue weighted by atomic mass is 10.2. The molecule has 1 aliphatic heterocycles. The van der Waals surface area contributed by atoms with Gasteiger partial charge in [0.05, 0.1) is 12.2 Å². The first-order valence-corrected chi connectivity index (χ1v) is 9.83. The van der Waals surface area contributed by atoms with Crippen LogP contribution in [-0.2, 0) is 11.3 Å². The number of likely N-dealkylation sites (tertiary alicyclic amines) is 1. The molecule has 0 radical (unpaired) electrons. The lowest BCUT2D eigenvalue weighted by Crippen LogP contribution is -2.42. The zero-order chi connectivity index (χ0) is 15.9. The number of thiazole rings is 1. The molecule has 2 unspecified atom stereocenters. The van der Waals surface area contributed by atoms with Crippen molar-refractivity contribution >= 4 is 29.1 Å². The Balaban J connectivity index is 1.85. The molecular weight excluding hydrogens is 318 g/mol. The molecule has 2 heterocycles. The molecule has 1 aliphatic rings. The number of rotatable bonds is 5. The number of hydrogen-bond donors (Lipinski definition) is 1. The highest BCUT2D eigenvalue weighted by Gasteiger charge is 2.21. The van der Waals surface area contributed by atoms with Gasteiger partial charge < -0.3 is 15.0 Å². The lowest BCUT2D eigenvalue weighted by Gasteiger charge is -2.23. The van der Waals surface area contributed by atoms with E-state index in [1.165, 1.54) is 12.8 Å². The topological polar surface area (TPSA) is 54.5 Å². The summed E-state index contributed by atoms with van der Waals surface area (Å²) in [6, 6.07) is 0.0234. The quantitative estimate of drug-likeness (QED) is 0.891. The molecule has 2 amide bonds. The molecule has 0 spiro atoms.